The van der Waals surface area contributed by atoms with Crippen molar-refractivity contribution in [2.45, 2.75) is 10.9 Å². The molecule has 0 spiro atoms. The minimum absolute atomic E-state index is 0.671. The second-order valence-electron chi connectivity index (χ2n) is 1.24. The number of hydrogen-bond acceptors (Lipinski definition) is 2. The lowest BCUT2D eigenvalue weighted by Gasteiger charge is -2.05. The first kappa shape index (κ1) is 8.01. The third-order valence-corrected chi connectivity index (χ3v) is 0.631. The molecule has 0 saturated carbocycles. The summed E-state index contributed by atoms with van der Waals surface area (Å²) in [5.41, 5.74) is 0. The highest BCUT2D eigenvalue weighted by molar-refractivity contribution is 6.47. The maximum absolute atomic E-state index is 9.69. The molecule has 0 aromatic heterocycles. The monoisotopic (exact) mass is 158 g/mol. The summed E-state index contributed by atoms with van der Waals surface area (Å²) in [7, 11) is 0. The smallest absolute Gasteiger partial charge is 0.308 e. The number of halogens is 2. The minimum atomic E-state index is -2.13. The highest BCUT2D eigenvalue weighted by Crippen LogP contribution is 2.19. The van der Waals surface area contributed by atoms with E-state index in [9.17, 15) is 4.79 Å². The summed E-state index contributed by atoms with van der Waals surface area (Å²) in [6.45, 7) is 0. The van der Waals surface area contributed by atoms with Crippen LogP contribution in [0, 0.1) is 0 Å². The highest BCUT2D eigenvalue weighted by atomic mass is 35.5. The summed E-state index contributed by atoms with van der Waals surface area (Å²) in [6.07, 6.45) is -0.671. The Morgan fingerprint density at radius 1 is 1.62 bits per heavy atom. The molecule has 5 heteroatoms. The third-order valence-electron chi connectivity index (χ3n) is 0.364. The van der Waals surface area contributed by atoms with Crippen LogP contribution in [0.25, 0.3) is 0 Å². The lowest BCUT2D eigenvalue weighted by Crippen LogP contribution is -2.16. The second kappa shape index (κ2) is 2.53. The third kappa shape index (κ3) is 6.01. The van der Waals surface area contributed by atoms with Crippen LogP contribution in [0.3, 0.4) is 0 Å². The first-order chi connectivity index (χ1) is 3.42. The lowest BCUT2D eigenvalue weighted by molar-refractivity contribution is -0.138. The van der Waals surface area contributed by atoms with Gasteiger partial charge in [0.15, 0.2) is 0 Å². The van der Waals surface area contributed by atoms with Crippen molar-refractivity contribution in [2.24, 2.45) is 0 Å². The van der Waals surface area contributed by atoms with Gasteiger partial charge < -0.3 is 10.2 Å². The molecule has 0 atom stereocenters. The zero-order valence-corrected chi connectivity index (χ0v) is 5.28. The fourth-order valence-corrected chi connectivity index (χ4v) is 0.411. The van der Waals surface area contributed by atoms with E-state index in [0.29, 0.717) is 0 Å². The zero-order valence-electron chi connectivity index (χ0n) is 3.77. The van der Waals surface area contributed by atoms with Crippen LogP contribution >= 0.6 is 23.2 Å². The normalized spacial score (nSPS) is 11.4. The fourth-order valence-electron chi connectivity index (χ4n) is 0.182. The molecule has 0 aromatic rings. The van der Waals surface area contributed by atoms with E-state index in [1.165, 1.54) is 0 Å². The molecule has 0 unspecified atom stereocenters. The second-order valence-corrected chi connectivity index (χ2v) is 2.68. The molecule has 0 aliphatic rings. The number of alkyl halides is 2. The van der Waals surface area contributed by atoms with E-state index in [-0.39, 0.29) is 0 Å². The zero-order chi connectivity index (χ0) is 6.78. The van der Waals surface area contributed by atoms with Gasteiger partial charge in [-0.3, -0.25) is 4.79 Å². The van der Waals surface area contributed by atoms with Crippen LogP contribution in [0.1, 0.15) is 6.42 Å². The van der Waals surface area contributed by atoms with Crippen LogP contribution < -0.4 is 0 Å². The van der Waals surface area contributed by atoms with Crippen molar-refractivity contribution in [3.63, 3.8) is 0 Å². The summed E-state index contributed by atoms with van der Waals surface area (Å²) in [5, 5.41) is 16.3. The SMILES string of the molecule is O=C(O)CC(O)(Cl)Cl. The molecule has 0 amide bonds. The van der Waals surface area contributed by atoms with Gasteiger partial charge in [-0.15, -0.1) is 0 Å². The van der Waals surface area contributed by atoms with Crippen LogP contribution in [0.2, 0.25) is 0 Å². The van der Waals surface area contributed by atoms with Gasteiger partial charge >= 0.3 is 5.97 Å². The summed E-state index contributed by atoms with van der Waals surface area (Å²) in [4.78, 5) is 9.69. The van der Waals surface area contributed by atoms with E-state index in [2.05, 4.69) is 0 Å². The van der Waals surface area contributed by atoms with E-state index >= 15 is 0 Å². The van der Waals surface area contributed by atoms with E-state index in [1.807, 2.05) is 0 Å². The van der Waals surface area contributed by atoms with Crippen molar-refractivity contribution in [3.05, 3.63) is 0 Å². The molecule has 0 fully saturated rings. The molecule has 0 aliphatic heterocycles. The van der Waals surface area contributed by atoms with Gasteiger partial charge in [0.25, 0.3) is 0 Å². The Morgan fingerprint density at radius 2 is 2.00 bits per heavy atom. The van der Waals surface area contributed by atoms with Crippen LogP contribution in [0.4, 0.5) is 0 Å². The minimum Gasteiger partial charge on any atom is -0.481 e. The van der Waals surface area contributed by atoms with Crippen molar-refractivity contribution >= 4 is 29.2 Å². The van der Waals surface area contributed by atoms with Crippen LogP contribution in [0.15, 0.2) is 0 Å². The van der Waals surface area contributed by atoms with Gasteiger partial charge in [-0.1, -0.05) is 23.2 Å². The van der Waals surface area contributed by atoms with E-state index in [1.54, 1.807) is 0 Å². The fraction of sp³-hybridized carbons (Fsp3) is 0.667. The number of aliphatic hydroxyl groups is 1. The summed E-state index contributed by atoms with van der Waals surface area (Å²) >= 11 is 9.74. The van der Waals surface area contributed by atoms with Crippen molar-refractivity contribution in [3.8, 4) is 0 Å². The van der Waals surface area contributed by atoms with Gasteiger partial charge in [0.05, 0.1) is 0 Å². The number of hydrogen-bond donors (Lipinski definition) is 2. The number of rotatable bonds is 2. The van der Waals surface area contributed by atoms with E-state index < -0.39 is 16.9 Å². The average molecular weight is 159 g/mol. The topological polar surface area (TPSA) is 57.5 Å². The molecule has 2 N–H and O–H groups in total. The van der Waals surface area contributed by atoms with Crippen molar-refractivity contribution in [2.75, 3.05) is 0 Å². The number of aliphatic carboxylic acids is 1. The standard InChI is InChI=1S/C3H4Cl2O3/c4-3(5,8)1-2(6)7/h8H,1H2,(H,6,7). The molecule has 0 radical (unpaired) electrons. The van der Waals surface area contributed by atoms with Gasteiger partial charge in [-0.2, -0.15) is 0 Å². The molecule has 0 aliphatic carbocycles. The first-order valence-electron chi connectivity index (χ1n) is 1.74. The number of carboxylic acid groups (broad SMARTS) is 1. The summed E-state index contributed by atoms with van der Waals surface area (Å²) in [5.74, 6) is -1.24. The average Bonchev–Trinajstić information content (AvgIpc) is 1.21. The molecular weight excluding hydrogens is 155 g/mol. The molecule has 0 bridgehead atoms. The van der Waals surface area contributed by atoms with Gasteiger partial charge in [-0.05, 0) is 0 Å². The molecule has 0 rings (SSSR count). The Bertz CT molecular complexity index is 95.2. The van der Waals surface area contributed by atoms with Crippen molar-refractivity contribution < 1.29 is 15.0 Å². The molecular formula is C3H4Cl2O3. The summed E-state index contributed by atoms with van der Waals surface area (Å²) < 4.78 is -2.13. The maximum atomic E-state index is 9.69. The number of carboxylic acids is 1. The Hall–Kier alpha value is 0.01000. The van der Waals surface area contributed by atoms with E-state index in [4.69, 9.17) is 33.4 Å². The Kier molecular flexibility index (Phi) is 2.53. The molecule has 3 nitrogen and oxygen atoms in total. The molecule has 0 saturated heterocycles. The number of carbonyl (C=O) groups is 1. The molecule has 0 aromatic carbocycles. The molecule has 8 heavy (non-hydrogen) atoms. The first-order valence-corrected chi connectivity index (χ1v) is 2.49. The Morgan fingerprint density at radius 3 is 2.00 bits per heavy atom. The van der Waals surface area contributed by atoms with Gasteiger partial charge in [0.2, 0.25) is 4.52 Å². The largest absolute Gasteiger partial charge is 0.481 e. The van der Waals surface area contributed by atoms with Crippen LogP contribution in [-0.4, -0.2) is 20.7 Å². The quantitative estimate of drug-likeness (QED) is 0.579. The van der Waals surface area contributed by atoms with Gasteiger partial charge in [-0.25, -0.2) is 0 Å². The predicted molar refractivity (Wildman–Crippen MR) is 28.9 cm³/mol. The van der Waals surface area contributed by atoms with Crippen molar-refractivity contribution in [1.82, 2.24) is 0 Å². The molecule has 0 heterocycles. The van der Waals surface area contributed by atoms with Gasteiger partial charge in [0, 0.05) is 0 Å². The lowest BCUT2D eigenvalue weighted by atomic mass is 10.5. The van der Waals surface area contributed by atoms with E-state index in [0.717, 1.165) is 0 Å². The predicted octanol–water partition coefficient (Wildman–Crippen LogP) is 0.585. The summed E-state index contributed by atoms with van der Waals surface area (Å²) in [6, 6.07) is 0. The van der Waals surface area contributed by atoms with Crippen LogP contribution in [-0.2, 0) is 4.79 Å². The van der Waals surface area contributed by atoms with Crippen LogP contribution in [0.5, 0.6) is 0 Å². The molecule has 48 valence electrons. The Balaban J connectivity index is 3.55. The van der Waals surface area contributed by atoms with Gasteiger partial charge in [0.1, 0.15) is 6.42 Å². The Labute approximate surface area is 55.8 Å². The van der Waals surface area contributed by atoms with Crippen molar-refractivity contribution in [1.29, 1.82) is 0 Å². The maximum Gasteiger partial charge on any atom is 0.308 e. The highest BCUT2D eigenvalue weighted by Gasteiger charge is 2.22.